The molecule has 0 amide bonds. The fourth-order valence-corrected chi connectivity index (χ4v) is 6.39. The van der Waals surface area contributed by atoms with Crippen LogP contribution in [-0.2, 0) is 0 Å². The van der Waals surface area contributed by atoms with Gasteiger partial charge in [-0.05, 0) is 54.4 Å². The lowest BCUT2D eigenvalue weighted by Gasteiger charge is -2.25. The van der Waals surface area contributed by atoms with Gasteiger partial charge in [0.25, 0.3) is 0 Å². The number of ether oxygens (including phenoxy) is 2. The second kappa shape index (κ2) is 7.98. The number of allylic oxidation sites excluding steroid dienone is 8. The molecule has 0 radical (unpaired) electrons. The van der Waals surface area contributed by atoms with Crippen molar-refractivity contribution in [2.45, 2.75) is 12.8 Å². The van der Waals surface area contributed by atoms with Gasteiger partial charge in [-0.3, -0.25) is 0 Å². The van der Waals surface area contributed by atoms with Crippen LogP contribution in [-0.4, -0.2) is 14.2 Å². The standard InChI is InChI=1S/C24H23O2P/c1-25-21-15-9-16-22(26-2)24(21)20-14-7-8-17-23(20)27(18-10-3-4-11-18)19-12-5-6-13-19/h3-10,12,14-17H,11,13H2,1-2H3. The molecule has 0 N–H and O–H groups in total. The average molecular weight is 374 g/mol. The molecule has 136 valence electrons. The first-order chi connectivity index (χ1) is 13.3. The van der Waals surface area contributed by atoms with Crippen LogP contribution < -0.4 is 14.8 Å². The van der Waals surface area contributed by atoms with Crippen molar-refractivity contribution in [2.24, 2.45) is 0 Å². The van der Waals surface area contributed by atoms with Crippen LogP contribution in [0, 0.1) is 0 Å². The molecular weight excluding hydrogens is 351 g/mol. The first-order valence-electron chi connectivity index (χ1n) is 9.15. The number of benzene rings is 2. The summed E-state index contributed by atoms with van der Waals surface area (Å²) >= 11 is 0. The van der Waals surface area contributed by atoms with E-state index in [4.69, 9.17) is 9.47 Å². The third-order valence-corrected chi connectivity index (χ3v) is 7.60. The highest BCUT2D eigenvalue weighted by atomic mass is 31.1. The summed E-state index contributed by atoms with van der Waals surface area (Å²) in [5, 5.41) is 4.36. The molecule has 0 atom stereocenters. The third-order valence-electron chi connectivity index (χ3n) is 4.92. The van der Waals surface area contributed by atoms with Crippen molar-refractivity contribution in [1.29, 1.82) is 0 Å². The van der Waals surface area contributed by atoms with Gasteiger partial charge in [-0.2, -0.15) is 0 Å². The monoisotopic (exact) mass is 374 g/mol. The van der Waals surface area contributed by atoms with E-state index in [2.05, 4.69) is 60.7 Å². The molecule has 2 nitrogen and oxygen atoms in total. The quantitative estimate of drug-likeness (QED) is 0.563. The van der Waals surface area contributed by atoms with Crippen molar-refractivity contribution in [3.05, 3.63) is 89.5 Å². The smallest absolute Gasteiger partial charge is 0.130 e. The lowest BCUT2D eigenvalue weighted by atomic mass is 10.0. The maximum Gasteiger partial charge on any atom is 0.130 e. The maximum atomic E-state index is 5.70. The molecule has 3 heteroatoms. The predicted molar refractivity (Wildman–Crippen MR) is 115 cm³/mol. The van der Waals surface area contributed by atoms with Crippen molar-refractivity contribution in [2.75, 3.05) is 14.2 Å². The minimum Gasteiger partial charge on any atom is -0.496 e. The van der Waals surface area contributed by atoms with Gasteiger partial charge in [0.1, 0.15) is 11.5 Å². The minimum absolute atomic E-state index is 0.551. The molecule has 2 aromatic rings. The van der Waals surface area contributed by atoms with E-state index >= 15 is 0 Å². The summed E-state index contributed by atoms with van der Waals surface area (Å²) in [6.07, 6.45) is 15.5. The van der Waals surface area contributed by atoms with Crippen LogP contribution in [0.15, 0.2) is 89.5 Å². The average Bonchev–Trinajstić information content (AvgIpc) is 3.43. The normalized spacial score (nSPS) is 15.2. The zero-order chi connectivity index (χ0) is 18.6. The predicted octanol–water partition coefficient (Wildman–Crippen LogP) is 6.17. The van der Waals surface area contributed by atoms with E-state index in [-0.39, 0.29) is 0 Å². The molecule has 0 saturated carbocycles. The van der Waals surface area contributed by atoms with Crippen LogP contribution in [0.4, 0.5) is 0 Å². The molecule has 0 aliphatic heterocycles. The van der Waals surface area contributed by atoms with Gasteiger partial charge in [0.15, 0.2) is 0 Å². The Labute approximate surface area is 162 Å². The van der Waals surface area contributed by atoms with Gasteiger partial charge in [0.05, 0.1) is 19.8 Å². The van der Waals surface area contributed by atoms with E-state index in [1.165, 1.54) is 21.5 Å². The third kappa shape index (κ3) is 3.38. The summed E-state index contributed by atoms with van der Waals surface area (Å²) in [6.45, 7) is 0. The van der Waals surface area contributed by atoms with Crippen LogP contribution in [0.5, 0.6) is 11.5 Å². The number of hydrogen-bond acceptors (Lipinski definition) is 2. The van der Waals surface area contributed by atoms with Crippen molar-refractivity contribution in [3.63, 3.8) is 0 Å². The molecule has 0 saturated heterocycles. The summed E-state index contributed by atoms with van der Waals surface area (Å²) in [6, 6.07) is 14.7. The molecule has 0 aromatic heterocycles. The van der Waals surface area contributed by atoms with Gasteiger partial charge < -0.3 is 9.47 Å². The highest BCUT2D eigenvalue weighted by Crippen LogP contribution is 2.58. The van der Waals surface area contributed by atoms with Crippen LogP contribution in [0.3, 0.4) is 0 Å². The van der Waals surface area contributed by atoms with Crippen LogP contribution in [0.25, 0.3) is 11.1 Å². The fraction of sp³-hybridized carbons (Fsp3) is 0.167. The fourth-order valence-electron chi connectivity index (χ4n) is 3.69. The molecule has 2 aliphatic carbocycles. The zero-order valence-corrected chi connectivity index (χ0v) is 16.6. The summed E-state index contributed by atoms with van der Waals surface area (Å²) in [5.74, 6) is 1.68. The Bertz CT molecular complexity index is 914. The molecular formula is C24H23O2P. The Morgan fingerprint density at radius 2 is 1.33 bits per heavy atom. The Morgan fingerprint density at radius 3 is 1.85 bits per heavy atom. The Hall–Kier alpha value is -2.57. The van der Waals surface area contributed by atoms with Crippen LogP contribution in [0.1, 0.15) is 12.8 Å². The van der Waals surface area contributed by atoms with Crippen molar-refractivity contribution >= 4 is 13.2 Å². The topological polar surface area (TPSA) is 18.5 Å². The number of methoxy groups -OCH3 is 2. The van der Waals surface area contributed by atoms with Crippen molar-refractivity contribution in [1.82, 2.24) is 0 Å². The van der Waals surface area contributed by atoms with Crippen LogP contribution in [0.2, 0.25) is 0 Å². The number of hydrogen-bond donors (Lipinski definition) is 0. The van der Waals surface area contributed by atoms with Gasteiger partial charge in [0.2, 0.25) is 0 Å². The Morgan fingerprint density at radius 1 is 0.741 bits per heavy atom. The highest BCUT2D eigenvalue weighted by molar-refractivity contribution is 7.74. The Balaban J connectivity index is 1.91. The van der Waals surface area contributed by atoms with E-state index < -0.39 is 7.92 Å². The number of rotatable bonds is 6. The molecule has 2 aliphatic rings. The summed E-state index contributed by atoms with van der Waals surface area (Å²) in [5.41, 5.74) is 2.22. The summed E-state index contributed by atoms with van der Waals surface area (Å²) in [7, 11) is 2.89. The van der Waals surface area contributed by atoms with Gasteiger partial charge in [-0.15, -0.1) is 0 Å². The van der Waals surface area contributed by atoms with Crippen molar-refractivity contribution in [3.8, 4) is 22.6 Å². The first kappa shape index (κ1) is 17.8. The molecule has 0 spiro atoms. The SMILES string of the molecule is COc1cccc(OC)c1-c1ccccc1P(C1=CC=CC1)C1=CC=CC1. The van der Waals surface area contributed by atoms with E-state index in [1.54, 1.807) is 14.2 Å². The molecule has 0 fully saturated rings. The summed E-state index contributed by atoms with van der Waals surface area (Å²) < 4.78 is 11.4. The zero-order valence-electron chi connectivity index (χ0n) is 15.7. The molecule has 27 heavy (non-hydrogen) atoms. The Kier molecular flexibility index (Phi) is 5.27. The van der Waals surface area contributed by atoms with Gasteiger partial charge >= 0.3 is 0 Å². The van der Waals surface area contributed by atoms with E-state index in [1.807, 2.05) is 18.2 Å². The van der Waals surface area contributed by atoms with Gasteiger partial charge in [-0.1, -0.05) is 66.8 Å². The molecule has 0 bridgehead atoms. The molecule has 4 rings (SSSR count). The largest absolute Gasteiger partial charge is 0.496 e. The van der Waals surface area contributed by atoms with Gasteiger partial charge in [-0.25, -0.2) is 0 Å². The lowest BCUT2D eigenvalue weighted by Crippen LogP contribution is -2.09. The summed E-state index contributed by atoms with van der Waals surface area (Å²) in [4.78, 5) is 0. The molecule has 0 unspecified atom stereocenters. The van der Waals surface area contributed by atoms with E-state index in [0.29, 0.717) is 0 Å². The van der Waals surface area contributed by atoms with Crippen molar-refractivity contribution < 1.29 is 9.47 Å². The highest BCUT2D eigenvalue weighted by Gasteiger charge is 2.26. The van der Waals surface area contributed by atoms with E-state index in [0.717, 1.165) is 29.9 Å². The van der Waals surface area contributed by atoms with Gasteiger partial charge in [0, 0.05) is 0 Å². The molecule has 2 aromatic carbocycles. The van der Waals surface area contributed by atoms with E-state index in [9.17, 15) is 0 Å². The van der Waals surface area contributed by atoms with Crippen LogP contribution >= 0.6 is 7.92 Å². The second-order valence-electron chi connectivity index (χ2n) is 6.47. The minimum atomic E-state index is -0.551. The maximum absolute atomic E-state index is 5.70. The molecule has 0 heterocycles. The first-order valence-corrected chi connectivity index (χ1v) is 10.5. The second-order valence-corrected chi connectivity index (χ2v) is 8.77. The lowest BCUT2D eigenvalue weighted by molar-refractivity contribution is 0.397.